The third-order valence-corrected chi connectivity index (χ3v) is 7.24. The van der Waals surface area contributed by atoms with Crippen LogP contribution < -0.4 is 15.0 Å². The Hall–Kier alpha value is -2.77. The number of fused-ring (bicyclic) bond motifs is 1. The summed E-state index contributed by atoms with van der Waals surface area (Å²) >= 11 is 10.2. The van der Waals surface area contributed by atoms with E-state index in [-0.39, 0.29) is 11.8 Å². The van der Waals surface area contributed by atoms with Gasteiger partial charge in [0, 0.05) is 38.3 Å². The number of methoxy groups -OCH3 is 1. The highest BCUT2D eigenvalue weighted by Crippen LogP contribution is 2.37. The standard InChI is InChI=1S/C27H29BrClN3O3/c1-17(2)14-24(33)32-12-10-31(11-13-32)23-9-8-19(16-22(23)29)30-27(34)21-15-18-6-4-5-7-20(18)25(28)26(21)35-3/h4-9,15-17H,10-14H2,1-3H3,(H,30,34). The lowest BCUT2D eigenvalue weighted by molar-refractivity contribution is -0.132. The van der Waals surface area contributed by atoms with Crippen LogP contribution in [0.25, 0.3) is 10.8 Å². The maximum atomic E-state index is 13.2. The molecule has 0 bridgehead atoms. The molecule has 3 aromatic carbocycles. The molecular weight excluding hydrogens is 530 g/mol. The van der Waals surface area contributed by atoms with E-state index in [2.05, 4.69) is 40.0 Å². The number of ether oxygens (including phenoxy) is 1. The third-order valence-electron chi connectivity index (χ3n) is 6.15. The van der Waals surface area contributed by atoms with Crippen LogP contribution >= 0.6 is 27.5 Å². The highest BCUT2D eigenvalue weighted by molar-refractivity contribution is 9.10. The monoisotopic (exact) mass is 557 g/mol. The van der Waals surface area contributed by atoms with Gasteiger partial charge < -0.3 is 19.9 Å². The van der Waals surface area contributed by atoms with E-state index < -0.39 is 0 Å². The van der Waals surface area contributed by atoms with Gasteiger partial charge in [0.05, 0.1) is 27.9 Å². The summed E-state index contributed by atoms with van der Waals surface area (Å²) < 4.78 is 6.28. The minimum Gasteiger partial charge on any atom is -0.495 e. The molecule has 4 rings (SSSR count). The molecule has 2 amide bonds. The second-order valence-electron chi connectivity index (χ2n) is 9.08. The topological polar surface area (TPSA) is 61.9 Å². The Balaban J connectivity index is 1.47. The minimum absolute atomic E-state index is 0.208. The minimum atomic E-state index is -0.283. The third kappa shape index (κ3) is 5.57. The van der Waals surface area contributed by atoms with Gasteiger partial charge in [-0.3, -0.25) is 9.59 Å². The van der Waals surface area contributed by atoms with Gasteiger partial charge >= 0.3 is 0 Å². The largest absolute Gasteiger partial charge is 0.495 e. The van der Waals surface area contributed by atoms with Gasteiger partial charge in [-0.2, -0.15) is 0 Å². The van der Waals surface area contributed by atoms with E-state index in [1.54, 1.807) is 13.2 Å². The average Bonchev–Trinajstić information content (AvgIpc) is 2.84. The highest BCUT2D eigenvalue weighted by atomic mass is 79.9. The van der Waals surface area contributed by atoms with Crippen molar-refractivity contribution in [1.82, 2.24) is 4.90 Å². The lowest BCUT2D eigenvalue weighted by atomic mass is 10.0. The summed E-state index contributed by atoms with van der Waals surface area (Å²) in [6.45, 7) is 6.91. The SMILES string of the molecule is COc1c(C(=O)Nc2ccc(N3CCN(C(=O)CC(C)C)CC3)c(Cl)c2)cc2ccccc2c1Br. The Morgan fingerprint density at radius 2 is 1.80 bits per heavy atom. The molecule has 35 heavy (non-hydrogen) atoms. The molecule has 1 aliphatic heterocycles. The summed E-state index contributed by atoms with van der Waals surface area (Å²) in [4.78, 5) is 29.6. The molecule has 1 N–H and O–H groups in total. The van der Waals surface area contributed by atoms with Crippen LogP contribution in [0.5, 0.6) is 5.75 Å². The van der Waals surface area contributed by atoms with Crippen molar-refractivity contribution in [3.8, 4) is 5.75 Å². The predicted octanol–water partition coefficient (Wildman–Crippen LogP) is 6.21. The van der Waals surface area contributed by atoms with Crippen LogP contribution in [-0.4, -0.2) is 50.0 Å². The zero-order valence-corrected chi connectivity index (χ0v) is 22.4. The molecule has 0 spiro atoms. The number of amides is 2. The predicted molar refractivity (Wildman–Crippen MR) is 146 cm³/mol. The zero-order valence-electron chi connectivity index (χ0n) is 20.1. The molecule has 0 aliphatic carbocycles. The first-order chi connectivity index (χ1) is 16.8. The van der Waals surface area contributed by atoms with Gasteiger partial charge in [-0.1, -0.05) is 49.7 Å². The van der Waals surface area contributed by atoms with E-state index in [0.29, 0.717) is 47.5 Å². The molecule has 184 valence electrons. The average molecular weight is 559 g/mol. The van der Waals surface area contributed by atoms with Gasteiger partial charge in [0.1, 0.15) is 5.75 Å². The number of carbonyl (C=O) groups is 2. The lowest BCUT2D eigenvalue weighted by Crippen LogP contribution is -2.49. The first-order valence-corrected chi connectivity index (χ1v) is 12.8. The molecule has 3 aromatic rings. The van der Waals surface area contributed by atoms with Crippen molar-refractivity contribution < 1.29 is 14.3 Å². The Bertz CT molecular complexity index is 1260. The second kappa shape index (κ2) is 10.9. The van der Waals surface area contributed by atoms with Crippen molar-refractivity contribution in [3.63, 3.8) is 0 Å². The van der Waals surface area contributed by atoms with Gasteiger partial charge in [0.15, 0.2) is 0 Å². The molecule has 1 saturated heterocycles. The molecule has 8 heteroatoms. The molecule has 6 nitrogen and oxygen atoms in total. The molecule has 0 atom stereocenters. The van der Waals surface area contributed by atoms with Crippen molar-refractivity contribution in [3.05, 3.63) is 63.6 Å². The van der Waals surface area contributed by atoms with Crippen molar-refractivity contribution >= 4 is 61.5 Å². The Labute approximate surface area is 219 Å². The summed E-state index contributed by atoms with van der Waals surface area (Å²) in [5.41, 5.74) is 1.92. The number of hydrogen-bond acceptors (Lipinski definition) is 4. The molecule has 0 unspecified atom stereocenters. The van der Waals surface area contributed by atoms with Crippen LogP contribution in [0.2, 0.25) is 5.02 Å². The quantitative estimate of drug-likeness (QED) is 0.391. The van der Waals surface area contributed by atoms with Gasteiger partial charge in [-0.25, -0.2) is 0 Å². The summed E-state index contributed by atoms with van der Waals surface area (Å²) in [7, 11) is 1.55. The number of hydrogen-bond donors (Lipinski definition) is 1. The van der Waals surface area contributed by atoms with Crippen LogP contribution in [0.15, 0.2) is 53.0 Å². The number of benzene rings is 3. The zero-order chi connectivity index (χ0) is 25.1. The van der Waals surface area contributed by atoms with Gasteiger partial charge in [-0.15, -0.1) is 0 Å². The first-order valence-electron chi connectivity index (χ1n) is 11.7. The molecular formula is C27H29BrClN3O3. The molecule has 0 radical (unpaired) electrons. The first kappa shape index (κ1) is 25.3. The van der Waals surface area contributed by atoms with E-state index in [9.17, 15) is 9.59 Å². The smallest absolute Gasteiger partial charge is 0.259 e. The maximum Gasteiger partial charge on any atom is 0.259 e. The van der Waals surface area contributed by atoms with Crippen LogP contribution in [-0.2, 0) is 4.79 Å². The molecule has 1 fully saturated rings. The second-order valence-corrected chi connectivity index (χ2v) is 10.3. The van der Waals surface area contributed by atoms with Crippen molar-refractivity contribution in [1.29, 1.82) is 0 Å². The van der Waals surface area contributed by atoms with Crippen molar-refractivity contribution in [2.75, 3.05) is 43.5 Å². The van der Waals surface area contributed by atoms with Gasteiger partial charge in [-0.05, 0) is 56.9 Å². The van der Waals surface area contributed by atoms with E-state index in [1.807, 2.05) is 47.4 Å². The Morgan fingerprint density at radius 1 is 1.09 bits per heavy atom. The van der Waals surface area contributed by atoms with E-state index in [1.165, 1.54) is 0 Å². The van der Waals surface area contributed by atoms with Gasteiger partial charge in [0.25, 0.3) is 5.91 Å². The lowest BCUT2D eigenvalue weighted by Gasteiger charge is -2.36. The number of piperazine rings is 1. The normalized spacial score (nSPS) is 13.9. The molecule has 0 aromatic heterocycles. The highest BCUT2D eigenvalue weighted by Gasteiger charge is 2.23. The van der Waals surface area contributed by atoms with Crippen LogP contribution in [0.1, 0.15) is 30.6 Å². The van der Waals surface area contributed by atoms with Crippen molar-refractivity contribution in [2.24, 2.45) is 5.92 Å². The van der Waals surface area contributed by atoms with E-state index in [0.717, 1.165) is 34.0 Å². The Morgan fingerprint density at radius 3 is 2.46 bits per heavy atom. The van der Waals surface area contributed by atoms with E-state index >= 15 is 0 Å². The number of halogens is 2. The maximum absolute atomic E-state index is 13.2. The fourth-order valence-electron chi connectivity index (χ4n) is 4.37. The molecule has 1 aliphatic rings. The summed E-state index contributed by atoms with van der Waals surface area (Å²) in [6.07, 6.45) is 0.577. The van der Waals surface area contributed by atoms with E-state index in [4.69, 9.17) is 16.3 Å². The van der Waals surface area contributed by atoms with Crippen LogP contribution in [0.3, 0.4) is 0 Å². The molecule has 1 heterocycles. The number of rotatable bonds is 6. The molecule has 0 saturated carbocycles. The van der Waals surface area contributed by atoms with Gasteiger partial charge in [0.2, 0.25) is 5.91 Å². The van der Waals surface area contributed by atoms with Crippen molar-refractivity contribution in [2.45, 2.75) is 20.3 Å². The van der Waals surface area contributed by atoms with Crippen LogP contribution in [0.4, 0.5) is 11.4 Å². The fraction of sp³-hybridized carbons (Fsp3) is 0.333. The fourth-order valence-corrected chi connectivity index (χ4v) is 5.40. The number of nitrogens with zero attached hydrogens (tertiary/aromatic N) is 2. The Kier molecular flexibility index (Phi) is 7.87. The summed E-state index contributed by atoms with van der Waals surface area (Å²) in [5, 5.41) is 5.40. The number of anilines is 2. The van der Waals surface area contributed by atoms with Crippen LogP contribution in [0, 0.1) is 5.92 Å². The number of carbonyl (C=O) groups excluding carboxylic acids is 2. The summed E-state index contributed by atoms with van der Waals surface area (Å²) in [5.74, 6) is 0.760. The summed E-state index contributed by atoms with van der Waals surface area (Å²) in [6, 6.07) is 15.1. The number of nitrogens with one attached hydrogen (secondary N) is 1.